The van der Waals surface area contributed by atoms with E-state index < -0.39 is 0 Å². The first kappa shape index (κ1) is 18.2. The normalized spacial score (nSPS) is 15.0. The standard InChI is InChI=1S/C16H34ClN/c1-5-9-11-15(7-3)13-18(17)14-16(8-4)12-10-6-2/h15-16H,5-14H2,1-4H3. The summed E-state index contributed by atoms with van der Waals surface area (Å²) in [6.45, 7) is 11.3. The lowest BCUT2D eigenvalue weighted by atomic mass is 9.97. The molecule has 0 aliphatic rings. The molecule has 0 aliphatic heterocycles. The van der Waals surface area contributed by atoms with E-state index in [-0.39, 0.29) is 0 Å². The van der Waals surface area contributed by atoms with Crippen LogP contribution in [-0.2, 0) is 0 Å². The maximum atomic E-state index is 6.42. The van der Waals surface area contributed by atoms with Crippen LogP contribution in [0.1, 0.15) is 79.1 Å². The van der Waals surface area contributed by atoms with E-state index in [0.29, 0.717) is 0 Å². The third-order valence-corrected chi connectivity index (χ3v) is 4.28. The molecule has 0 aromatic rings. The maximum absolute atomic E-state index is 6.42. The van der Waals surface area contributed by atoms with Gasteiger partial charge in [0.1, 0.15) is 0 Å². The smallest absolute Gasteiger partial charge is 0.0167 e. The van der Waals surface area contributed by atoms with Gasteiger partial charge in [0.05, 0.1) is 0 Å². The Hall–Kier alpha value is 0.250. The Labute approximate surface area is 120 Å². The van der Waals surface area contributed by atoms with Gasteiger partial charge in [0.2, 0.25) is 0 Å². The van der Waals surface area contributed by atoms with Crippen LogP contribution >= 0.6 is 11.8 Å². The summed E-state index contributed by atoms with van der Waals surface area (Å²) in [4.78, 5) is 0. The largest absolute Gasteiger partial charge is 0.220 e. The lowest BCUT2D eigenvalue weighted by molar-refractivity contribution is 0.280. The van der Waals surface area contributed by atoms with E-state index >= 15 is 0 Å². The molecule has 0 saturated heterocycles. The second-order valence-electron chi connectivity index (χ2n) is 5.66. The molecule has 0 heterocycles. The average Bonchev–Trinajstić information content (AvgIpc) is 2.39. The van der Waals surface area contributed by atoms with Crippen molar-refractivity contribution < 1.29 is 0 Å². The summed E-state index contributed by atoms with van der Waals surface area (Å²) in [6.07, 6.45) is 10.5. The summed E-state index contributed by atoms with van der Waals surface area (Å²) < 4.78 is 2.06. The van der Waals surface area contributed by atoms with Gasteiger partial charge in [-0.25, -0.2) is 4.42 Å². The van der Waals surface area contributed by atoms with Crippen molar-refractivity contribution in [2.24, 2.45) is 11.8 Å². The van der Waals surface area contributed by atoms with E-state index in [4.69, 9.17) is 11.8 Å². The maximum Gasteiger partial charge on any atom is 0.0167 e. The van der Waals surface area contributed by atoms with Crippen molar-refractivity contribution in [2.45, 2.75) is 79.1 Å². The van der Waals surface area contributed by atoms with E-state index in [1.165, 1.54) is 51.4 Å². The van der Waals surface area contributed by atoms with Gasteiger partial charge in [-0.2, -0.15) is 0 Å². The van der Waals surface area contributed by atoms with Crippen LogP contribution in [0.5, 0.6) is 0 Å². The third kappa shape index (κ3) is 9.22. The van der Waals surface area contributed by atoms with Crippen LogP contribution in [0.4, 0.5) is 0 Å². The van der Waals surface area contributed by atoms with Crippen LogP contribution < -0.4 is 0 Å². The van der Waals surface area contributed by atoms with Gasteiger partial charge in [-0.3, -0.25) is 0 Å². The molecule has 18 heavy (non-hydrogen) atoms. The summed E-state index contributed by atoms with van der Waals surface area (Å²) in [5.74, 6) is 1.57. The van der Waals surface area contributed by atoms with Crippen LogP contribution in [0.3, 0.4) is 0 Å². The van der Waals surface area contributed by atoms with E-state index in [1.54, 1.807) is 0 Å². The van der Waals surface area contributed by atoms with Gasteiger partial charge in [0, 0.05) is 13.1 Å². The van der Waals surface area contributed by atoms with Crippen molar-refractivity contribution in [1.82, 2.24) is 4.42 Å². The molecule has 0 fully saturated rings. The van der Waals surface area contributed by atoms with Gasteiger partial charge in [0.25, 0.3) is 0 Å². The molecule has 1 nitrogen and oxygen atoms in total. The van der Waals surface area contributed by atoms with Crippen LogP contribution in [0.25, 0.3) is 0 Å². The molecule has 2 heteroatoms. The highest BCUT2D eigenvalue weighted by Crippen LogP contribution is 2.19. The molecule has 0 saturated carbocycles. The average molecular weight is 276 g/mol. The zero-order valence-electron chi connectivity index (χ0n) is 13.1. The Morgan fingerprint density at radius 3 is 1.44 bits per heavy atom. The van der Waals surface area contributed by atoms with Crippen molar-refractivity contribution >= 4 is 11.8 Å². The van der Waals surface area contributed by atoms with Gasteiger partial charge in [-0.05, 0) is 36.5 Å². The highest BCUT2D eigenvalue weighted by atomic mass is 35.5. The van der Waals surface area contributed by atoms with Crippen molar-refractivity contribution in [1.29, 1.82) is 0 Å². The summed E-state index contributed by atoms with van der Waals surface area (Å²) in [5.41, 5.74) is 0. The Bertz CT molecular complexity index is 154. The van der Waals surface area contributed by atoms with Gasteiger partial charge in [0.15, 0.2) is 0 Å². The molecule has 0 spiro atoms. The van der Waals surface area contributed by atoms with Crippen LogP contribution in [0.2, 0.25) is 0 Å². The quantitative estimate of drug-likeness (QED) is 0.402. The molecule has 0 bridgehead atoms. The molecule has 0 aromatic carbocycles. The number of halogens is 1. The number of unbranched alkanes of at least 4 members (excludes halogenated alkanes) is 2. The first-order valence-corrected chi connectivity index (χ1v) is 8.42. The lowest BCUT2D eigenvalue weighted by Gasteiger charge is -2.24. The van der Waals surface area contributed by atoms with Gasteiger partial charge < -0.3 is 0 Å². The molecular formula is C16H34ClN. The van der Waals surface area contributed by atoms with E-state index in [0.717, 1.165) is 24.9 Å². The van der Waals surface area contributed by atoms with Crippen molar-refractivity contribution in [3.05, 3.63) is 0 Å². The fourth-order valence-electron chi connectivity index (χ4n) is 2.47. The molecule has 0 amide bonds. The first-order valence-electron chi connectivity index (χ1n) is 8.08. The van der Waals surface area contributed by atoms with E-state index in [1.807, 2.05) is 0 Å². The fourth-order valence-corrected chi connectivity index (χ4v) is 2.86. The topological polar surface area (TPSA) is 3.24 Å². The molecule has 0 radical (unpaired) electrons. The number of hydrogen-bond donors (Lipinski definition) is 0. The predicted molar refractivity (Wildman–Crippen MR) is 84.0 cm³/mol. The molecule has 110 valence electrons. The molecule has 2 atom stereocenters. The zero-order valence-corrected chi connectivity index (χ0v) is 13.8. The zero-order chi connectivity index (χ0) is 13.8. The van der Waals surface area contributed by atoms with Gasteiger partial charge >= 0.3 is 0 Å². The van der Waals surface area contributed by atoms with Gasteiger partial charge in [-0.1, -0.05) is 66.2 Å². The van der Waals surface area contributed by atoms with Crippen molar-refractivity contribution in [2.75, 3.05) is 13.1 Å². The van der Waals surface area contributed by atoms with E-state index in [2.05, 4.69) is 32.1 Å². The molecule has 0 N–H and O–H groups in total. The summed E-state index contributed by atoms with van der Waals surface area (Å²) in [7, 11) is 0. The number of rotatable bonds is 12. The predicted octanol–water partition coefficient (Wildman–Crippen LogP) is 5.88. The second-order valence-corrected chi connectivity index (χ2v) is 6.14. The van der Waals surface area contributed by atoms with Crippen LogP contribution in [0.15, 0.2) is 0 Å². The minimum atomic E-state index is 0.783. The summed E-state index contributed by atoms with van der Waals surface area (Å²) >= 11 is 6.42. The lowest BCUT2D eigenvalue weighted by Crippen LogP contribution is -2.26. The van der Waals surface area contributed by atoms with Crippen molar-refractivity contribution in [3.63, 3.8) is 0 Å². The number of hydrogen-bond acceptors (Lipinski definition) is 1. The fraction of sp³-hybridized carbons (Fsp3) is 1.00. The Balaban J connectivity index is 3.92. The van der Waals surface area contributed by atoms with Crippen LogP contribution in [-0.4, -0.2) is 17.5 Å². The second kappa shape index (κ2) is 12.3. The first-order chi connectivity index (χ1) is 8.67. The Morgan fingerprint density at radius 2 is 1.17 bits per heavy atom. The number of nitrogens with zero attached hydrogens (tertiary/aromatic N) is 1. The molecule has 2 unspecified atom stereocenters. The monoisotopic (exact) mass is 275 g/mol. The summed E-state index contributed by atoms with van der Waals surface area (Å²) in [6, 6.07) is 0. The van der Waals surface area contributed by atoms with Gasteiger partial charge in [-0.15, -0.1) is 0 Å². The van der Waals surface area contributed by atoms with Crippen molar-refractivity contribution in [3.8, 4) is 0 Å². The highest BCUT2D eigenvalue weighted by molar-refractivity contribution is 6.13. The molecule has 0 aromatic heterocycles. The Kier molecular flexibility index (Phi) is 12.5. The molecule has 0 aliphatic carbocycles. The highest BCUT2D eigenvalue weighted by Gasteiger charge is 2.14. The Morgan fingerprint density at radius 1 is 0.778 bits per heavy atom. The molecule has 0 rings (SSSR count). The third-order valence-electron chi connectivity index (χ3n) is 4.00. The SMILES string of the molecule is CCCCC(CC)CN(Cl)CC(CC)CCCC. The summed E-state index contributed by atoms with van der Waals surface area (Å²) in [5, 5.41) is 0. The minimum absolute atomic E-state index is 0.783. The van der Waals surface area contributed by atoms with Crippen LogP contribution in [0, 0.1) is 11.8 Å². The van der Waals surface area contributed by atoms with E-state index in [9.17, 15) is 0 Å². The molecular weight excluding hydrogens is 242 g/mol. The minimum Gasteiger partial charge on any atom is -0.220 e.